The van der Waals surface area contributed by atoms with Gasteiger partial charge in [-0.3, -0.25) is 14.4 Å². The molecular formula is C53H71ClF3N10O18PS. The van der Waals surface area contributed by atoms with Gasteiger partial charge < -0.3 is 92.5 Å². The molecule has 3 aliphatic rings. The summed E-state index contributed by atoms with van der Waals surface area (Å²) in [7, 11) is -4.44. The van der Waals surface area contributed by atoms with Gasteiger partial charge in [0.05, 0.1) is 147 Å². The summed E-state index contributed by atoms with van der Waals surface area (Å²) in [5.41, 5.74) is 1.61. The van der Waals surface area contributed by atoms with E-state index in [9.17, 15) is 32.7 Å². The first-order valence-corrected chi connectivity index (χ1v) is 30.9. The normalized spacial score (nSPS) is 18.9. The quantitative estimate of drug-likeness (QED) is 0.00551. The third kappa shape index (κ3) is 20.6. The molecule has 5 aromatic rings. The number of nitrogens with zero attached hydrogens (tertiary/aromatic N) is 9. The number of hydrazone groups is 1. The van der Waals surface area contributed by atoms with E-state index in [0.29, 0.717) is 140 Å². The van der Waals surface area contributed by atoms with Gasteiger partial charge in [-0.15, -0.1) is 0 Å². The number of benzene rings is 2. The second kappa shape index (κ2) is 34.0. The van der Waals surface area contributed by atoms with Crippen molar-refractivity contribution in [3.63, 3.8) is 0 Å². The summed E-state index contributed by atoms with van der Waals surface area (Å²) in [6.45, 7) is 8.27. The molecule has 8 rings (SSSR count). The number of piperidine rings is 1. The lowest BCUT2D eigenvalue weighted by Crippen LogP contribution is -2.63. The van der Waals surface area contributed by atoms with Gasteiger partial charge in [0, 0.05) is 49.9 Å². The molecule has 3 aliphatic heterocycles. The number of esters is 1. The number of rotatable bonds is 39. The third-order valence-electron chi connectivity index (χ3n) is 13.5. The average Bonchev–Trinajstić information content (AvgIpc) is 1.78. The minimum Gasteiger partial charge on any atom is -0.491 e. The molecule has 0 amide bonds. The number of aliphatic hydroxyl groups is 2. The second-order valence-electron chi connectivity index (χ2n) is 20.1. The minimum absolute atomic E-state index is 0.0234. The Morgan fingerprint density at radius 2 is 1.43 bits per heavy atom. The van der Waals surface area contributed by atoms with E-state index < -0.39 is 67.7 Å². The number of carbonyl (C=O) groups is 1. The number of aliphatic imine (C=N–C) groups is 1. The highest BCUT2D eigenvalue weighted by molar-refractivity contribution is 7.51. The Morgan fingerprint density at radius 1 is 0.805 bits per heavy atom. The summed E-state index contributed by atoms with van der Waals surface area (Å²) >= 11 is 8.07. The molecule has 0 radical (unpaired) electrons. The maximum atomic E-state index is 13.6. The van der Waals surface area contributed by atoms with Crippen molar-refractivity contribution < 1.29 is 99.4 Å². The molecule has 3 aromatic heterocycles. The zero-order valence-electron chi connectivity index (χ0n) is 47.4. The van der Waals surface area contributed by atoms with Crippen LogP contribution in [0.4, 0.5) is 24.1 Å². The zero-order chi connectivity index (χ0) is 61.6. The smallest absolute Gasteiger partial charge is 0.350 e. The van der Waals surface area contributed by atoms with Gasteiger partial charge in [-0.25, -0.2) is 22.8 Å². The Bertz CT molecular complexity index is 3070. The molecule has 2 aromatic carbocycles. The highest BCUT2D eigenvalue weighted by Crippen LogP contribution is 2.45. The molecule has 4 atom stereocenters. The lowest BCUT2D eigenvalue weighted by molar-refractivity contribution is -0.136. The SMILES string of the molecule is N/N=C(\C=NCCOCCOCCOCCOCCC(=O)Oc1c(F)cc(F)cc1F)COCCOCCOCCOCCOc1ccc2nc(N3CCCC4(C3)CN(c3nc(Cl)nc5c3cnn5[C@@H]3O[C@H](COCP(=O)(O)O)[C@@H](O)[C@H]3O)C4)sc2c1. The van der Waals surface area contributed by atoms with Crippen LogP contribution in [0.1, 0.15) is 25.5 Å². The summed E-state index contributed by atoms with van der Waals surface area (Å²) in [6.07, 6.45) is -1.15. The van der Waals surface area contributed by atoms with Gasteiger partial charge in [0.1, 0.15) is 54.4 Å². The van der Waals surface area contributed by atoms with E-state index in [1.165, 1.54) is 10.9 Å². The standard InChI is InChI=1S/C53H71ClF3N10O18PS/c54-51-62-48(38-28-60-67(49(38)63-51)50-46(70)45(69)42(84-50)30-82-34-86(71,72)73)66-32-53(33-66)5-1-7-65(31-53)52-61-41-3-2-37(26-43(41)87-52)83-23-22-80-19-18-78-16-17-79-20-21-81-29-36(64-58)27-59-6-9-75-11-13-77-15-14-76-12-10-74-8-4-44(68)85-47-39(56)24-35(55)25-40(47)57/h2-3,24-28,42,45-46,50,69-70H,1,4-23,29-34,58H2,(H2,71,72,73)/b59-27?,64-36+/t42-,45-,46-,50-/m1/s1. The maximum absolute atomic E-state index is 13.6. The number of aromatic nitrogens is 5. The van der Waals surface area contributed by atoms with Crippen molar-refractivity contribution in [1.29, 1.82) is 0 Å². The number of hydrogen-bond donors (Lipinski definition) is 5. The Morgan fingerprint density at radius 3 is 2.08 bits per heavy atom. The predicted molar refractivity (Wildman–Crippen MR) is 308 cm³/mol. The number of halogens is 4. The van der Waals surface area contributed by atoms with Crippen LogP contribution < -0.4 is 25.1 Å². The predicted octanol–water partition coefficient (Wildman–Crippen LogP) is 3.28. The maximum Gasteiger partial charge on any atom is 0.350 e. The molecule has 0 unspecified atom stereocenters. The van der Waals surface area contributed by atoms with E-state index >= 15 is 0 Å². The van der Waals surface area contributed by atoms with Crippen LogP contribution in [0.5, 0.6) is 11.5 Å². The molecule has 0 aliphatic carbocycles. The van der Waals surface area contributed by atoms with Crippen LogP contribution in [-0.4, -0.2) is 239 Å². The largest absolute Gasteiger partial charge is 0.491 e. The van der Waals surface area contributed by atoms with Crippen LogP contribution in [0, 0.1) is 22.9 Å². The molecule has 480 valence electrons. The molecule has 3 saturated heterocycles. The monoisotopic (exact) mass is 1290 g/mol. The molecule has 1 spiro atoms. The first-order chi connectivity index (χ1) is 42.1. The number of hydrogen-bond acceptors (Lipinski definition) is 26. The molecule has 6 heterocycles. The number of thiazole rings is 1. The lowest BCUT2D eigenvalue weighted by Gasteiger charge is -2.55. The highest BCUT2D eigenvalue weighted by atomic mass is 35.5. The molecule has 28 nitrogen and oxygen atoms in total. The Balaban J connectivity index is 0.601. The lowest BCUT2D eigenvalue weighted by atomic mass is 9.73. The molecule has 3 fully saturated rings. The summed E-state index contributed by atoms with van der Waals surface area (Å²) in [6, 6.07) is 6.70. The molecule has 87 heavy (non-hydrogen) atoms. The number of aliphatic hydroxyl groups excluding tert-OH is 2. The van der Waals surface area contributed by atoms with Crippen molar-refractivity contribution in [3.8, 4) is 11.5 Å². The third-order valence-corrected chi connectivity index (χ3v) is 15.3. The van der Waals surface area contributed by atoms with Crippen molar-refractivity contribution in [2.45, 2.75) is 43.8 Å². The van der Waals surface area contributed by atoms with Crippen LogP contribution in [-0.2, 0) is 56.7 Å². The number of anilines is 2. The summed E-state index contributed by atoms with van der Waals surface area (Å²) in [5, 5.41) is 31.1. The van der Waals surface area contributed by atoms with E-state index in [1.54, 1.807) is 17.5 Å². The summed E-state index contributed by atoms with van der Waals surface area (Å²) < 4.78 is 119. The average molecular weight is 1290 g/mol. The fourth-order valence-electron chi connectivity index (χ4n) is 9.49. The van der Waals surface area contributed by atoms with Gasteiger partial charge in [-0.1, -0.05) is 11.3 Å². The van der Waals surface area contributed by atoms with E-state index in [-0.39, 0.29) is 50.2 Å². The fourth-order valence-corrected chi connectivity index (χ4v) is 11.0. The number of nitrogens with two attached hydrogens (primary N) is 1. The van der Waals surface area contributed by atoms with Crippen molar-refractivity contribution in [3.05, 3.63) is 59.3 Å². The fraction of sp³-hybridized carbons (Fsp3) is 0.604. The van der Waals surface area contributed by atoms with Crippen molar-refractivity contribution in [2.75, 3.05) is 168 Å². The molecule has 0 bridgehead atoms. The van der Waals surface area contributed by atoms with Crippen LogP contribution in [0.15, 0.2) is 46.6 Å². The number of carbonyl (C=O) groups excluding carboxylic acids is 1. The van der Waals surface area contributed by atoms with Crippen LogP contribution >= 0.6 is 30.5 Å². The van der Waals surface area contributed by atoms with Crippen LogP contribution in [0.25, 0.3) is 21.3 Å². The first-order valence-electron chi connectivity index (χ1n) is 27.9. The van der Waals surface area contributed by atoms with E-state index in [2.05, 4.69) is 39.7 Å². The van der Waals surface area contributed by atoms with Gasteiger partial charge in [0.15, 0.2) is 28.6 Å². The van der Waals surface area contributed by atoms with Gasteiger partial charge in [0.2, 0.25) is 11.0 Å². The van der Waals surface area contributed by atoms with E-state index in [0.717, 1.165) is 47.0 Å². The second-order valence-corrected chi connectivity index (χ2v) is 23.1. The Labute approximate surface area is 506 Å². The van der Waals surface area contributed by atoms with Gasteiger partial charge in [0.25, 0.3) is 0 Å². The highest BCUT2D eigenvalue weighted by Gasteiger charge is 2.48. The first kappa shape index (κ1) is 67.6. The topological polar surface area (TPSA) is 340 Å². The van der Waals surface area contributed by atoms with Crippen molar-refractivity contribution in [1.82, 2.24) is 24.7 Å². The zero-order valence-corrected chi connectivity index (χ0v) is 49.9. The Kier molecular flexibility index (Phi) is 26.4. The minimum atomic E-state index is -4.44. The van der Waals surface area contributed by atoms with Crippen LogP contribution in [0.3, 0.4) is 0 Å². The van der Waals surface area contributed by atoms with Crippen molar-refractivity contribution >= 4 is 80.6 Å². The summed E-state index contributed by atoms with van der Waals surface area (Å²) in [4.78, 5) is 52.6. The van der Waals surface area contributed by atoms with Gasteiger partial charge in [-0.05, 0) is 42.6 Å². The van der Waals surface area contributed by atoms with E-state index in [1.807, 2.05) is 18.2 Å². The molecule has 34 heteroatoms. The molecular weight excluding hydrogens is 1220 g/mol. The van der Waals surface area contributed by atoms with Crippen LogP contribution in [0.2, 0.25) is 5.28 Å². The van der Waals surface area contributed by atoms with Crippen molar-refractivity contribution in [2.24, 2.45) is 21.4 Å². The van der Waals surface area contributed by atoms with E-state index in [4.69, 9.17) is 84.3 Å². The number of ether oxygens (including phenoxy) is 12. The van der Waals surface area contributed by atoms with Gasteiger partial charge in [-0.2, -0.15) is 20.2 Å². The van der Waals surface area contributed by atoms with Gasteiger partial charge >= 0.3 is 13.6 Å². The molecule has 6 N–H and O–H groups in total. The Hall–Kier alpha value is -5.36. The molecule has 0 saturated carbocycles. The summed E-state index contributed by atoms with van der Waals surface area (Å²) in [5.74, 6) is 1.13. The number of fused-ring (bicyclic) bond motifs is 2.